The lowest BCUT2D eigenvalue weighted by Crippen LogP contribution is -2.47. The van der Waals surface area contributed by atoms with Gasteiger partial charge in [-0.1, -0.05) is 13.3 Å². The van der Waals surface area contributed by atoms with E-state index in [1.54, 1.807) is 0 Å². The van der Waals surface area contributed by atoms with Crippen molar-refractivity contribution in [2.75, 3.05) is 0 Å². The molecule has 2 heteroatoms. The average molecular weight is 184 g/mol. The Hall–Kier alpha value is -0.0800. The van der Waals surface area contributed by atoms with Crippen LogP contribution in [0.4, 0.5) is 0 Å². The van der Waals surface area contributed by atoms with Crippen LogP contribution in [-0.2, 0) is 0 Å². The summed E-state index contributed by atoms with van der Waals surface area (Å²) >= 11 is 0. The van der Waals surface area contributed by atoms with Crippen molar-refractivity contribution in [1.29, 1.82) is 0 Å². The molecule has 2 aliphatic rings. The average Bonchev–Trinajstić information content (AvgIpc) is 2.09. The second-order valence-corrected chi connectivity index (χ2v) is 5.08. The van der Waals surface area contributed by atoms with Crippen molar-refractivity contribution in [3.05, 3.63) is 0 Å². The third kappa shape index (κ3) is 1.50. The molecule has 2 fully saturated rings. The van der Waals surface area contributed by atoms with Crippen molar-refractivity contribution in [1.82, 2.24) is 0 Å². The van der Waals surface area contributed by atoms with E-state index in [1.165, 1.54) is 6.42 Å². The van der Waals surface area contributed by atoms with Crippen LogP contribution < -0.4 is 0 Å². The predicted octanol–water partition coefficient (Wildman–Crippen LogP) is 1.70. The molecular weight excluding hydrogens is 164 g/mol. The van der Waals surface area contributed by atoms with Crippen molar-refractivity contribution < 1.29 is 10.2 Å². The third-order valence-corrected chi connectivity index (χ3v) is 4.30. The highest BCUT2D eigenvalue weighted by Gasteiger charge is 2.46. The van der Waals surface area contributed by atoms with Crippen LogP contribution in [0, 0.1) is 11.3 Å². The molecule has 2 saturated carbocycles. The van der Waals surface area contributed by atoms with Crippen LogP contribution in [0.5, 0.6) is 0 Å². The fraction of sp³-hybridized carbons (Fsp3) is 1.00. The number of hydrogen-bond donors (Lipinski definition) is 2. The van der Waals surface area contributed by atoms with Crippen LogP contribution >= 0.6 is 0 Å². The first-order valence-corrected chi connectivity index (χ1v) is 5.49. The van der Waals surface area contributed by atoms with Gasteiger partial charge in [-0.3, -0.25) is 0 Å². The SMILES string of the molecule is C[C@]12CC[C@@H](O)C[C@H]1CCC[C@H]2O. The molecule has 0 heterocycles. The summed E-state index contributed by atoms with van der Waals surface area (Å²) in [5, 5.41) is 19.5. The molecule has 2 nitrogen and oxygen atoms in total. The van der Waals surface area contributed by atoms with Gasteiger partial charge in [0.15, 0.2) is 0 Å². The standard InChI is InChI=1S/C11H20O2/c1-11-6-5-9(12)7-8(11)3-2-4-10(11)13/h8-10,12-13H,2-7H2,1H3/t8-,9-,10-,11+/m1/s1. The molecule has 2 rings (SSSR count). The molecule has 0 radical (unpaired) electrons. The zero-order valence-electron chi connectivity index (χ0n) is 8.37. The topological polar surface area (TPSA) is 40.5 Å². The van der Waals surface area contributed by atoms with E-state index in [4.69, 9.17) is 0 Å². The van der Waals surface area contributed by atoms with Crippen LogP contribution in [0.1, 0.15) is 45.4 Å². The maximum absolute atomic E-state index is 9.97. The summed E-state index contributed by atoms with van der Waals surface area (Å²) < 4.78 is 0. The number of aliphatic hydroxyl groups is 2. The van der Waals surface area contributed by atoms with Gasteiger partial charge in [-0.05, 0) is 43.4 Å². The van der Waals surface area contributed by atoms with Gasteiger partial charge in [0.2, 0.25) is 0 Å². The minimum absolute atomic E-state index is 0.108. The number of rotatable bonds is 0. The molecule has 2 N–H and O–H groups in total. The Kier molecular flexibility index (Phi) is 2.37. The van der Waals surface area contributed by atoms with E-state index in [2.05, 4.69) is 6.92 Å². The highest BCUT2D eigenvalue weighted by atomic mass is 16.3. The summed E-state index contributed by atoms with van der Waals surface area (Å²) in [6.45, 7) is 2.20. The van der Waals surface area contributed by atoms with Gasteiger partial charge in [0, 0.05) is 0 Å². The molecule has 0 aromatic rings. The molecule has 0 aromatic carbocycles. The normalized spacial score (nSPS) is 51.5. The van der Waals surface area contributed by atoms with E-state index in [0.717, 1.165) is 32.1 Å². The molecule has 0 aliphatic heterocycles. The van der Waals surface area contributed by atoms with Crippen molar-refractivity contribution in [3.8, 4) is 0 Å². The van der Waals surface area contributed by atoms with Gasteiger partial charge in [-0.2, -0.15) is 0 Å². The first kappa shape index (κ1) is 9.47. The third-order valence-electron chi connectivity index (χ3n) is 4.30. The molecule has 0 spiro atoms. The lowest BCUT2D eigenvalue weighted by atomic mass is 9.58. The quantitative estimate of drug-likeness (QED) is 0.601. The maximum Gasteiger partial charge on any atom is 0.0596 e. The zero-order valence-corrected chi connectivity index (χ0v) is 8.37. The highest BCUT2D eigenvalue weighted by molar-refractivity contribution is 4.96. The Labute approximate surface area is 80.0 Å². The van der Waals surface area contributed by atoms with Gasteiger partial charge in [0.05, 0.1) is 12.2 Å². The van der Waals surface area contributed by atoms with Crippen LogP contribution in [0.25, 0.3) is 0 Å². The second kappa shape index (κ2) is 3.25. The monoisotopic (exact) mass is 184 g/mol. The summed E-state index contributed by atoms with van der Waals surface area (Å²) in [4.78, 5) is 0. The Morgan fingerprint density at radius 3 is 2.69 bits per heavy atom. The van der Waals surface area contributed by atoms with Crippen molar-refractivity contribution in [3.63, 3.8) is 0 Å². The van der Waals surface area contributed by atoms with Gasteiger partial charge in [0.25, 0.3) is 0 Å². The molecule has 4 atom stereocenters. The molecular formula is C11H20O2. The first-order valence-electron chi connectivity index (χ1n) is 5.49. The minimum Gasteiger partial charge on any atom is -0.393 e. The van der Waals surface area contributed by atoms with Gasteiger partial charge in [-0.15, -0.1) is 0 Å². The van der Waals surface area contributed by atoms with Crippen LogP contribution in [0.3, 0.4) is 0 Å². The maximum atomic E-state index is 9.97. The molecule has 76 valence electrons. The predicted molar refractivity (Wildman–Crippen MR) is 51.3 cm³/mol. The molecule has 0 aromatic heterocycles. The fourth-order valence-corrected chi connectivity index (χ4v) is 3.17. The summed E-state index contributed by atoms with van der Waals surface area (Å²) in [6, 6.07) is 0. The Morgan fingerprint density at radius 2 is 1.92 bits per heavy atom. The molecule has 0 saturated heterocycles. The summed E-state index contributed by atoms with van der Waals surface area (Å²) in [7, 11) is 0. The number of hydrogen-bond acceptors (Lipinski definition) is 2. The highest BCUT2D eigenvalue weighted by Crippen LogP contribution is 2.50. The molecule has 0 bridgehead atoms. The van der Waals surface area contributed by atoms with Crippen LogP contribution in [0.15, 0.2) is 0 Å². The zero-order chi connectivity index (χ0) is 9.47. The summed E-state index contributed by atoms with van der Waals surface area (Å²) in [6.07, 6.45) is 5.85. The second-order valence-electron chi connectivity index (χ2n) is 5.08. The fourth-order valence-electron chi connectivity index (χ4n) is 3.17. The molecule has 13 heavy (non-hydrogen) atoms. The Balaban J connectivity index is 2.13. The van der Waals surface area contributed by atoms with Crippen LogP contribution in [0.2, 0.25) is 0 Å². The van der Waals surface area contributed by atoms with Crippen molar-refractivity contribution in [2.24, 2.45) is 11.3 Å². The Morgan fingerprint density at radius 1 is 1.15 bits per heavy atom. The number of aliphatic hydroxyl groups excluding tert-OH is 2. The van der Waals surface area contributed by atoms with Gasteiger partial charge >= 0.3 is 0 Å². The molecule has 0 unspecified atom stereocenters. The smallest absolute Gasteiger partial charge is 0.0596 e. The molecule has 2 aliphatic carbocycles. The van der Waals surface area contributed by atoms with E-state index in [-0.39, 0.29) is 17.6 Å². The van der Waals surface area contributed by atoms with Crippen LogP contribution in [-0.4, -0.2) is 22.4 Å². The Bertz CT molecular complexity index is 193. The van der Waals surface area contributed by atoms with E-state index in [1.807, 2.05) is 0 Å². The van der Waals surface area contributed by atoms with E-state index < -0.39 is 0 Å². The van der Waals surface area contributed by atoms with E-state index in [9.17, 15) is 10.2 Å². The lowest BCUT2D eigenvalue weighted by Gasteiger charge is -2.49. The largest absolute Gasteiger partial charge is 0.393 e. The van der Waals surface area contributed by atoms with Crippen molar-refractivity contribution >= 4 is 0 Å². The lowest BCUT2D eigenvalue weighted by molar-refractivity contribution is -0.0912. The van der Waals surface area contributed by atoms with Gasteiger partial charge in [0.1, 0.15) is 0 Å². The minimum atomic E-state index is -0.126. The van der Waals surface area contributed by atoms with E-state index >= 15 is 0 Å². The first-order chi connectivity index (χ1) is 6.13. The van der Waals surface area contributed by atoms with Gasteiger partial charge < -0.3 is 10.2 Å². The van der Waals surface area contributed by atoms with Gasteiger partial charge in [-0.25, -0.2) is 0 Å². The van der Waals surface area contributed by atoms with Crippen molar-refractivity contribution in [2.45, 2.75) is 57.7 Å². The summed E-state index contributed by atoms with van der Waals surface area (Å²) in [5.41, 5.74) is 0.109. The van der Waals surface area contributed by atoms with E-state index in [0.29, 0.717) is 5.92 Å². The molecule has 0 amide bonds. The number of fused-ring (bicyclic) bond motifs is 1. The summed E-state index contributed by atoms with van der Waals surface area (Å²) in [5.74, 6) is 0.556.